The number of carbonyl (C=O) groups is 1. The van der Waals surface area contributed by atoms with E-state index in [1.54, 1.807) is 0 Å². The van der Waals surface area contributed by atoms with E-state index >= 15 is 0 Å². The first kappa shape index (κ1) is 8.39. The lowest BCUT2D eigenvalue weighted by molar-refractivity contribution is -0.150. The summed E-state index contributed by atoms with van der Waals surface area (Å²) in [4.78, 5) is 10.2. The fraction of sp³-hybridized carbons (Fsp3) is 0.833. The summed E-state index contributed by atoms with van der Waals surface area (Å²) in [5.41, 5.74) is 5.11. The average Bonchev–Trinajstić information content (AvgIpc) is 1.80. The average molecular weight is 165 g/mol. The number of rotatable bonds is 2. The molecular formula is C6H9F2NO2. The minimum atomic E-state index is -2.68. The van der Waals surface area contributed by atoms with Crippen LogP contribution in [0.4, 0.5) is 8.78 Å². The van der Waals surface area contributed by atoms with Crippen molar-refractivity contribution >= 4 is 5.97 Å². The van der Waals surface area contributed by atoms with E-state index < -0.39 is 23.9 Å². The molecule has 0 heterocycles. The molecular weight excluding hydrogens is 156 g/mol. The Balaban J connectivity index is 2.38. The van der Waals surface area contributed by atoms with Crippen LogP contribution >= 0.6 is 0 Å². The highest BCUT2D eigenvalue weighted by Gasteiger charge is 2.49. The lowest BCUT2D eigenvalue weighted by Gasteiger charge is -2.36. The van der Waals surface area contributed by atoms with Crippen LogP contribution in [-0.2, 0) is 4.79 Å². The zero-order valence-corrected chi connectivity index (χ0v) is 5.76. The Bertz CT molecular complexity index is 175. The summed E-state index contributed by atoms with van der Waals surface area (Å²) in [7, 11) is 0. The van der Waals surface area contributed by atoms with Crippen LogP contribution in [0.1, 0.15) is 12.8 Å². The molecule has 0 spiro atoms. The van der Waals surface area contributed by atoms with Crippen LogP contribution in [0.15, 0.2) is 0 Å². The van der Waals surface area contributed by atoms with E-state index in [0.717, 1.165) is 0 Å². The fourth-order valence-electron chi connectivity index (χ4n) is 1.16. The topological polar surface area (TPSA) is 63.3 Å². The minimum Gasteiger partial charge on any atom is -0.480 e. The molecule has 1 atom stereocenters. The minimum absolute atomic E-state index is 0.388. The Morgan fingerprint density at radius 1 is 1.64 bits per heavy atom. The van der Waals surface area contributed by atoms with Gasteiger partial charge < -0.3 is 10.8 Å². The van der Waals surface area contributed by atoms with Crippen LogP contribution in [0.2, 0.25) is 0 Å². The Morgan fingerprint density at radius 3 is 2.36 bits per heavy atom. The van der Waals surface area contributed by atoms with Gasteiger partial charge in [0.05, 0.1) is 0 Å². The number of aliphatic carboxylic acids is 1. The van der Waals surface area contributed by atoms with Gasteiger partial charge in [0.1, 0.15) is 6.04 Å². The third-order valence-corrected chi connectivity index (χ3v) is 1.91. The summed E-state index contributed by atoms with van der Waals surface area (Å²) in [6.07, 6.45) is -0.777. The lowest BCUT2D eigenvalue weighted by Crippen LogP contribution is -2.49. The molecule has 0 amide bonds. The van der Waals surface area contributed by atoms with Crippen molar-refractivity contribution in [3.8, 4) is 0 Å². The van der Waals surface area contributed by atoms with Crippen LogP contribution in [0.3, 0.4) is 0 Å². The van der Waals surface area contributed by atoms with E-state index in [1.165, 1.54) is 0 Å². The normalized spacial score (nSPS) is 25.7. The van der Waals surface area contributed by atoms with Crippen LogP contribution in [0.25, 0.3) is 0 Å². The van der Waals surface area contributed by atoms with Gasteiger partial charge in [-0.05, 0) is 5.92 Å². The molecule has 11 heavy (non-hydrogen) atoms. The van der Waals surface area contributed by atoms with Crippen molar-refractivity contribution in [2.45, 2.75) is 24.8 Å². The van der Waals surface area contributed by atoms with Crippen molar-refractivity contribution in [3.63, 3.8) is 0 Å². The van der Waals surface area contributed by atoms with Crippen molar-refractivity contribution < 1.29 is 18.7 Å². The van der Waals surface area contributed by atoms with Gasteiger partial charge in [0.25, 0.3) is 0 Å². The monoisotopic (exact) mass is 165 g/mol. The van der Waals surface area contributed by atoms with E-state index in [-0.39, 0.29) is 12.8 Å². The fourth-order valence-corrected chi connectivity index (χ4v) is 1.16. The maximum atomic E-state index is 12.2. The third-order valence-electron chi connectivity index (χ3n) is 1.91. The summed E-state index contributed by atoms with van der Waals surface area (Å²) in [6, 6.07) is -1.13. The molecule has 0 unspecified atom stereocenters. The molecule has 0 aromatic heterocycles. The molecule has 0 radical (unpaired) electrons. The predicted molar refractivity (Wildman–Crippen MR) is 33.3 cm³/mol. The molecule has 1 fully saturated rings. The number of hydrogen-bond donors (Lipinski definition) is 2. The molecule has 0 aromatic rings. The number of nitrogens with two attached hydrogens (primary N) is 1. The van der Waals surface area contributed by atoms with Crippen LogP contribution < -0.4 is 5.73 Å². The SMILES string of the molecule is N[C@@H](C(=O)O)C1CC(F)(F)C1. The van der Waals surface area contributed by atoms with Crippen LogP contribution in [0.5, 0.6) is 0 Å². The molecule has 1 aliphatic carbocycles. The van der Waals surface area contributed by atoms with Crippen molar-refractivity contribution in [3.05, 3.63) is 0 Å². The number of carboxylic acid groups (broad SMARTS) is 1. The first-order valence-corrected chi connectivity index (χ1v) is 3.28. The first-order valence-electron chi connectivity index (χ1n) is 3.28. The van der Waals surface area contributed by atoms with Gasteiger partial charge >= 0.3 is 5.97 Å². The molecule has 0 aromatic carbocycles. The second-order valence-electron chi connectivity index (χ2n) is 2.89. The Labute approximate surface area is 62.2 Å². The van der Waals surface area contributed by atoms with Gasteiger partial charge in [0, 0.05) is 12.8 Å². The lowest BCUT2D eigenvalue weighted by atomic mass is 9.77. The quantitative estimate of drug-likeness (QED) is 0.624. The summed E-state index contributed by atoms with van der Waals surface area (Å²) >= 11 is 0. The van der Waals surface area contributed by atoms with Crippen LogP contribution in [-0.4, -0.2) is 23.0 Å². The zero-order valence-electron chi connectivity index (χ0n) is 5.76. The number of halogens is 2. The van der Waals surface area contributed by atoms with Gasteiger partial charge in [0.2, 0.25) is 5.92 Å². The second-order valence-corrected chi connectivity index (χ2v) is 2.89. The molecule has 0 saturated heterocycles. The second kappa shape index (κ2) is 2.41. The zero-order chi connectivity index (χ0) is 8.65. The number of hydrogen-bond acceptors (Lipinski definition) is 2. The largest absolute Gasteiger partial charge is 0.480 e. The van der Waals surface area contributed by atoms with E-state index in [9.17, 15) is 13.6 Å². The van der Waals surface area contributed by atoms with Crippen molar-refractivity contribution in [1.29, 1.82) is 0 Å². The molecule has 1 rings (SSSR count). The highest BCUT2D eigenvalue weighted by molar-refractivity contribution is 5.73. The summed E-state index contributed by atoms with van der Waals surface area (Å²) < 4.78 is 24.3. The van der Waals surface area contributed by atoms with Crippen molar-refractivity contribution in [2.24, 2.45) is 11.7 Å². The highest BCUT2D eigenvalue weighted by Crippen LogP contribution is 2.43. The standard InChI is InChI=1S/C6H9F2NO2/c7-6(8)1-3(2-6)4(9)5(10)11/h3-4H,1-2,9H2,(H,10,11)/t4-/m1/s1. The molecule has 3 N–H and O–H groups in total. The Kier molecular flexibility index (Phi) is 1.83. The van der Waals surface area contributed by atoms with Gasteiger partial charge in [-0.1, -0.05) is 0 Å². The van der Waals surface area contributed by atoms with E-state index in [2.05, 4.69) is 0 Å². The van der Waals surface area contributed by atoms with Gasteiger partial charge in [-0.15, -0.1) is 0 Å². The predicted octanol–water partition coefficient (Wildman–Crippen LogP) is 0.444. The molecule has 64 valence electrons. The summed E-state index contributed by atoms with van der Waals surface area (Å²) in [5.74, 6) is -4.44. The van der Waals surface area contributed by atoms with Gasteiger partial charge in [0.15, 0.2) is 0 Å². The maximum Gasteiger partial charge on any atom is 0.320 e. The number of carboxylic acids is 1. The Hall–Kier alpha value is -0.710. The number of alkyl halides is 2. The summed E-state index contributed by atoms with van der Waals surface area (Å²) in [5, 5.41) is 8.32. The van der Waals surface area contributed by atoms with Gasteiger partial charge in [-0.2, -0.15) is 0 Å². The molecule has 1 aliphatic rings. The third kappa shape index (κ3) is 1.65. The van der Waals surface area contributed by atoms with Crippen molar-refractivity contribution in [1.82, 2.24) is 0 Å². The van der Waals surface area contributed by atoms with E-state index in [4.69, 9.17) is 10.8 Å². The molecule has 0 aliphatic heterocycles. The molecule has 3 nitrogen and oxygen atoms in total. The maximum absolute atomic E-state index is 12.2. The molecule has 5 heteroatoms. The van der Waals surface area contributed by atoms with Crippen molar-refractivity contribution in [2.75, 3.05) is 0 Å². The van der Waals surface area contributed by atoms with Gasteiger partial charge in [-0.25, -0.2) is 8.78 Å². The first-order chi connectivity index (χ1) is 4.92. The molecule has 0 bridgehead atoms. The van der Waals surface area contributed by atoms with E-state index in [0.29, 0.717) is 0 Å². The van der Waals surface area contributed by atoms with Gasteiger partial charge in [-0.3, -0.25) is 4.79 Å². The molecule has 1 saturated carbocycles. The Morgan fingerprint density at radius 2 is 2.09 bits per heavy atom. The smallest absolute Gasteiger partial charge is 0.320 e. The summed E-state index contributed by atoms with van der Waals surface area (Å²) in [6.45, 7) is 0. The highest BCUT2D eigenvalue weighted by atomic mass is 19.3. The van der Waals surface area contributed by atoms with Crippen LogP contribution in [0, 0.1) is 5.92 Å². The van der Waals surface area contributed by atoms with E-state index in [1.807, 2.05) is 0 Å².